The number of alkyl halides is 1. The Labute approximate surface area is 166 Å². The number of ether oxygens (including phenoxy) is 2. The van der Waals surface area contributed by atoms with Crippen molar-refractivity contribution in [2.45, 2.75) is 89.9 Å². The lowest BCUT2D eigenvalue weighted by Crippen LogP contribution is -2.49. The standard InChI is InChI=1S/C19H33FN2O5Si/c1-18(2,3)25-11-12-15(27-28(7,8)19(4,5)6)14(20)16(26-12)22-10-9-13(23)21-17(22)24/h9-10,12,14-16H,11H2,1-8H3,(H,21,23,24)/t12-,14-,15?,16-/m1/s1. The van der Waals surface area contributed by atoms with Crippen LogP contribution in [0.1, 0.15) is 47.8 Å². The quantitative estimate of drug-likeness (QED) is 0.746. The van der Waals surface area contributed by atoms with Gasteiger partial charge in [-0.2, -0.15) is 0 Å². The molecule has 1 unspecified atom stereocenters. The van der Waals surface area contributed by atoms with E-state index in [4.69, 9.17) is 13.9 Å². The predicted molar refractivity (Wildman–Crippen MR) is 108 cm³/mol. The molecule has 0 radical (unpaired) electrons. The van der Waals surface area contributed by atoms with E-state index >= 15 is 4.39 Å². The molecule has 2 rings (SSSR count). The van der Waals surface area contributed by atoms with Crippen molar-refractivity contribution in [3.8, 4) is 0 Å². The average molecular weight is 417 g/mol. The number of hydrogen-bond donors (Lipinski definition) is 1. The van der Waals surface area contributed by atoms with Crippen molar-refractivity contribution < 1.29 is 18.3 Å². The SMILES string of the molecule is CC(C)(C)OC[C@H]1O[C@@H](n2ccc(=O)[nH]c2=O)[C@H](F)C1O[Si](C)(C)C(C)(C)C. The van der Waals surface area contributed by atoms with Gasteiger partial charge in [0.1, 0.15) is 12.2 Å². The first-order valence-electron chi connectivity index (χ1n) is 9.55. The first kappa shape index (κ1) is 23.0. The molecule has 1 saturated heterocycles. The fourth-order valence-electron chi connectivity index (χ4n) is 2.67. The Bertz CT molecular complexity index is 793. The predicted octanol–water partition coefficient (Wildman–Crippen LogP) is 2.98. The van der Waals surface area contributed by atoms with Crippen LogP contribution in [0.25, 0.3) is 0 Å². The summed E-state index contributed by atoms with van der Waals surface area (Å²) in [6, 6.07) is 1.17. The summed E-state index contributed by atoms with van der Waals surface area (Å²) in [6.07, 6.45) is -3.06. The third-order valence-electron chi connectivity index (χ3n) is 5.31. The first-order valence-corrected chi connectivity index (χ1v) is 12.5. The summed E-state index contributed by atoms with van der Waals surface area (Å²) < 4.78 is 34.6. The number of nitrogens with zero attached hydrogens (tertiary/aromatic N) is 1. The van der Waals surface area contributed by atoms with Gasteiger partial charge in [0.2, 0.25) is 0 Å². The van der Waals surface area contributed by atoms with Crippen LogP contribution in [0, 0.1) is 0 Å². The van der Waals surface area contributed by atoms with E-state index < -0.39 is 49.8 Å². The molecule has 1 aromatic heterocycles. The molecule has 0 bridgehead atoms. The van der Waals surface area contributed by atoms with Crippen LogP contribution in [0.15, 0.2) is 21.9 Å². The second-order valence-electron chi connectivity index (χ2n) is 9.79. The van der Waals surface area contributed by atoms with E-state index in [1.165, 1.54) is 12.3 Å². The Kier molecular flexibility index (Phi) is 6.45. The van der Waals surface area contributed by atoms with Crippen molar-refractivity contribution in [3.63, 3.8) is 0 Å². The maximum absolute atomic E-state index is 15.5. The number of aromatic nitrogens is 2. The Morgan fingerprint density at radius 1 is 1.21 bits per heavy atom. The van der Waals surface area contributed by atoms with Gasteiger partial charge in [-0.1, -0.05) is 20.8 Å². The van der Waals surface area contributed by atoms with Crippen molar-refractivity contribution >= 4 is 8.32 Å². The summed E-state index contributed by atoms with van der Waals surface area (Å²) in [5, 5.41) is -0.116. The van der Waals surface area contributed by atoms with Crippen LogP contribution in [-0.4, -0.2) is 48.5 Å². The normalized spacial score (nSPS) is 26.6. The molecule has 1 aliphatic rings. The van der Waals surface area contributed by atoms with Gasteiger partial charge in [0, 0.05) is 12.3 Å². The van der Waals surface area contributed by atoms with Crippen LogP contribution in [0.4, 0.5) is 4.39 Å². The molecule has 0 amide bonds. The molecule has 160 valence electrons. The highest BCUT2D eigenvalue weighted by molar-refractivity contribution is 6.74. The molecule has 7 nitrogen and oxygen atoms in total. The monoisotopic (exact) mass is 416 g/mol. The Balaban J connectivity index is 2.35. The molecule has 0 saturated carbocycles. The summed E-state index contributed by atoms with van der Waals surface area (Å²) in [4.78, 5) is 25.6. The van der Waals surface area contributed by atoms with Crippen LogP contribution >= 0.6 is 0 Å². The molecule has 1 aliphatic heterocycles. The zero-order valence-corrected chi connectivity index (χ0v) is 19.0. The van der Waals surface area contributed by atoms with Crippen LogP contribution < -0.4 is 11.2 Å². The lowest BCUT2D eigenvalue weighted by atomic mass is 10.1. The highest BCUT2D eigenvalue weighted by Crippen LogP contribution is 2.42. The van der Waals surface area contributed by atoms with Crippen molar-refractivity contribution in [1.29, 1.82) is 0 Å². The number of aromatic amines is 1. The van der Waals surface area contributed by atoms with Gasteiger partial charge >= 0.3 is 5.69 Å². The second kappa shape index (κ2) is 7.85. The molecule has 28 heavy (non-hydrogen) atoms. The highest BCUT2D eigenvalue weighted by Gasteiger charge is 2.51. The van der Waals surface area contributed by atoms with Crippen LogP contribution in [0.5, 0.6) is 0 Å². The number of hydrogen-bond acceptors (Lipinski definition) is 5. The largest absolute Gasteiger partial charge is 0.408 e. The van der Waals surface area contributed by atoms with Gasteiger partial charge in [0.25, 0.3) is 5.56 Å². The molecule has 1 aromatic rings. The van der Waals surface area contributed by atoms with Crippen LogP contribution in [-0.2, 0) is 13.9 Å². The summed E-state index contributed by atoms with van der Waals surface area (Å²) in [6.45, 7) is 16.2. The molecular formula is C19H33FN2O5Si. The smallest absolute Gasteiger partial charge is 0.330 e. The number of rotatable bonds is 5. The van der Waals surface area contributed by atoms with Crippen molar-refractivity contribution in [2.75, 3.05) is 6.61 Å². The summed E-state index contributed by atoms with van der Waals surface area (Å²) in [7, 11) is -2.30. The maximum Gasteiger partial charge on any atom is 0.330 e. The average Bonchev–Trinajstić information content (AvgIpc) is 2.80. The fourth-order valence-corrected chi connectivity index (χ4v) is 3.99. The van der Waals surface area contributed by atoms with Crippen LogP contribution in [0.3, 0.4) is 0 Å². The third-order valence-corrected chi connectivity index (χ3v) is 9.78. The lowest BCUT2D eigenvalue weighted by Gasteiger charge is -2.39. The first-order chi connectivity index (χ1) is 12.6. The van der Waals surface area contributed by atoms with Crippen molar-refractivity contribution in [1.82, 2.24) is 9.55 Å². The Hall–Kier alpha value is -1.29. The van der Waals surface area contributed by atoms with Crippen molar-refractivity contribution in [3.05, 3.63) is 33.1 Å². The van der Waals surface area contributed by atoms with Gasteiger partial charge in [-0.25, -0.2) is 9.18 Å². The van der Waals surface area contributed by atoms with E-state index in [-0.39, 0.29) is 11.6 Å². The van der Waals surface area contributed by atoms with Crippen LogP contribution in [0.2, 0.25) is 18.1 Å². The number of H-pyrrole nitrogens is 1. The molecule has 1 fully saturated rings. The fraction of sp³-hybridized carbons (Fsp3) is 0.789. The van der Waals surface area contributed by atoms with Gasteiger partial charge < -0.3 is 13.9 Å². The minimum atomic E-state index is -2.30. The lowest BCUT2D eigenvalue weighted by molar-refractivity contribution is -0.0987. The van der Waals surface area contributed by atoms with E-state index in [0.29, 0.717) is 0 Å². The molecule has 9 heteroatoms. The molecule has 0 spiro atoms. The zero-order chi connectivity index (χ0) is 21.5. The van der Waals surface area contributed by atoms with Gasteiger partial charge in [-0.05, 0) is 38.9 Å². The van der Waals surface area contributed by atoms with Gasteiger partial charge in [0.05, 0.1) is 12.2 Å². The summed E-state index contributed by atoms with van der Waals surface area (Å²) in [5.74, 6) is 0. The number of nitrogens with one attached hydrogen (secondary N) is 1. The molecule has 1 N–H and O–H groups in total. The minimum absolute atomic E-state index is 0.116. The van der Waals surface area contributed by atoms with E-state index in [1.807, 2.05) is 33.9 Å². The van der Waals surface area contributed by atoms with Gasteiger partial charge in [-0.3, -0.25) is 14.3 Å². The molecule has 0 aliphatic carbocycles. The second-order valence-corrected chi connectivity index (χ2v) is 14.5. The highest BCUT2D eigenvalue weighted by atomic mass is 28.4. The van der Waals surface area contributed by atoms with Gasteiger partial charge in [-0.15, -0.1) is 0 Å². The minimum Gasteiger partial charge on any atom is -0.408 e. The number of halogens is 1. The summed E-state index contributed by atoms with van der Waals surface area (Å²) in [5.41, 5.74) is -1.69. The van der Waals surface area contributed by atoms with E-state index in [0.717, 1.165) is 4.57 Å². The molecular weight excluding hydrogens is 383 g/mol. The topological polar surface area (TPSA) is 82.5 Å². The summed E-state index contributed by atoms with van der Waals surface area (Å²) >= 11 is 0. The van der Waals surface area contributed by atoms with Crippen molar-refractivity contribution in [2.24, 2.45) is 0 Å². The Morgan fingerprint density at radius 3 is 2.32 bits per heavy atom. The third kappa shape index (κ3) is 5.19. The Morgan fingerprint density at radius 2 is 1.82 bits per heavy atom. The van der Waals surface area contributed by atoms with Gasteiger partial charge in [0.15, 0.2) is 20.7 Å². The molecule has 2 heterocycles. The molecule has 0 aromatic carbocycles. The van der Waals surface area contributed by atoms with E-state index in [9.17, 15) is 9.59 Å². The maximum atomic E-state index is 15.5. The zero-order valence-electron chi connectivity index (χ0n) is 18.0. The molecule has 4 atom stereocenters. The van der Waals surface area contributed by atoms with E-state index in [1.54, 1.807) is 0 Å². The van der Waals surface area contributed by atoms with E-state index in [2.05, 4.69) is 25.8 Å².